The first-order valence-corrected chi connectivity index (χ1v) is 7.66. The van der Waals surface area contributed by atoms with Gasteiger partial charge in [-0.15, -0.1) is 0 Å². The van der Waals surface area contributed by atoms with Crippen LogP contribution in [-0.4, -0.2) is 12.3 Å². The number of Topliss-reactive ketones (excluding diaryl/α,β-unsaturated/α-hetero) is 1. The Morgan fingerprint density at radius 3 is 2.90 bits per heavy atom. The zero-order valence-electron chi connectivity index (χ0n) is 12.1. The summed E-state index contributed by atoms with van der Waals surface area (Å²) in [6.07, 6.45) is 2.51. The number of halogens is 1. The molecule has 0 atom stereocenters. The average molecular weight is 300 g/mol. The van der Waals surface area contributed by atoms with Gasteiger partial charge in [-0.2, -0.15) is 0 Å². The van der Waals surface area contributed by atoms with Crippen LogP contribution in [0.4, 0.5) is 5.69 Å². The van der Waals surface area contributed by atoms with Crippen LogP contribution in [0.25, 0.3) is 0 Å². The number of nitrogens with one attached hydrogen (secondary N) is 1. The van der Waals surface area contributed by atoms with Crippen molar-refractivity contribution in [2.45, 2.75) is 26.2 Å². The molecule has 3 rings (SSSR count). The maximum Gasteiger partial charge on any atom is 0.167 e. The van der Waals surface area contributed by atoms with E-state index in [4.69, 9.17) is 11.6 Å². The third kappa shape index (κ3) is 3.11. The normalized spacial score (nSPS) is 13.4. The van der Waals surface area contributed by atoms with E-state index in [0.29, 0.717) is 11.4 Å². The van der Waals surface area contributed by atoms with Gasteiger partial charge >= 0.3 is 0 Å². The molecule has 0 aromatic heterocycles. The molecule has 2 aromatic carbocycles. The minimum Gasteiger partial charge on any atom is -0.385 e. The SMILES string of the molecule is Cc1ccc(CC(=O)c2ccc3c(c2)CCCN3)c(Cl)c1. The predicted molar refractivity (Wildman–Crippen MR) is 87.5 cm³/mol. The van der Waals surface area contributed by atoms with Crippen LogP contribution in [0.2, 0.25) is 5.02 Å². The zero-order chi connectivity index (χ0) is 14.8. The van der Waals surface area contributed by atoms with Gasteiger partial charge in [0, 0.05) is 29.2 Å². The quantitative estimate of drug-likeness (QED) is 0.849. The Bertz CT molecular complexity index is 694. The van der Waals surface area contributed by atoms with Crippen LogP contribution in [0, 0.1) is 6.92 Å². The standard InChI is InChI=1S/C18H18ClNO/c1-12-4-5-13(16(19)9-12)11-18(21)15-6-7-17-14(10-15)3-2-8-20-17/h4-7,9-10,20H,2-3,8,11H2,1H3. The fourth-order valence-electron chi connectivity index (χ4n) is 2.72. The molecule has 0 unspecified atom stereocenters. The van der Waals surface area contributed by atoms with Gasteiger partial charge in [0.05, 0.1) is 0 Å². The van der Waals surface area contributed by atoms with E-state index < -0.39 is 0 Å². The van der Waals surface area contributed by atoms with Gasteiger partial charge in [0.15, 0.2) is 5.78 Å². The lowest BCUT2D eigenvalue weighted by molar-refractivity contribution is 0.0993. The van der Waals surface area contributed by atoms with Gasteiger partial charge < -0.3 is 5.32 Å². The largest absolute Gasteiger partial charge is 0.385 e. The maximum atomic E-state index is 12.5. The van der Waals surface area contributed by atoms with Gasteiger partial charge in [-0.1, -0.05) is 23.7 Å². The second-order valence-electron chi connectivity index (χ2n) is 5.60. The molecule has 108 valence electrons. The predicted octanol–water partition coefficient (Wildman–Crippen LogP) is 4.43. The van der Waals surface area contributed by atoms with E-state index in [9.17, 15) is 4.79 Å². The molecule has 1 aliphatic rings. The van der Waals surface area contributed by atoms with E-state index in [1.807, 2.05) is 43.3 Å². The van der Waals surface area contributed by atoms with E-state index in [1.54, 1.807) is 0 Å². The lowest BCUT2D eigenvalue weighted by Gasteiger charge is -2.18. The van der Waals surface area contributed by atoms with Gasteiger partial charge in [-0.25, -0.2) is 0 Å². The van der Waals surface area contributed by atoms with Crippen molar-refractivity contribution >= 4 is 23.1 Å². The molecule has 0 bridgehead atoms. The van der Waals surface area contributed by atoms with Crippen LogP contribution in [0.1, 0.15) is 33.5 Å². The van der Waals surface area contributed by atoms with Crippen LogP contribution in [0.15, 0.2) is 36.4 Å². The lowest BCUT2D eigenvalue weighted by atomic mass is 9.96. The topological polar surface area (TPSA) is 29.1 Å². The van der Waals surface area contributed by atoms with Crippen LogP contribution in [-0.2, 0) is 12.8 Å². The number of aryl methyl sites for hydroxylation is 2. The first kappa shape index (κ1) is 14.2. The van der Waals surface area contributed by atoms with Crippen molar-refractivity contribution in [3.63, 3.8) is 0 Å². The average Bonchev–Trinajstić information content (AvgIpc) is 2.49. The molecule has 0 aliphatic carbocycles. The van der Waals surface area contributed by atoms with Crippen molar-refractivity contribution in [2.75, 3.05) is 11.9 Å². The van der Waals surface area contributed by atoms with Crippen LogP contribution in [0.5, 0.6) is 0 Å². The number of anilines is 1. The molecule has 21 heavy (non-hydrogen) atoms. The van der Waals surface area contributed by atoms with Crippen molar-refractivity contribution in [1.82, 2.24) is 0 Å². The second kappa shape index (κ2) is 5.90. The molecular weight excluding hydrogens is 282 g/mol. The van der Waals surface area contributed by atoms with Gasteiger partial charge in [-0.05, 0) is 60.7 Å². The highest BCUT2D eigenvalue weighted by molar-refractivity contribution is 6.31. The summed E-state index contributed by atoms with van der Waals surface area (Å²) < 4.78 is 0. The Hall–Kier alpha value is -1.80. The van der Waals surface area contributed by atoms with E-state index in [-0.39, 0.29) is 5.78 Å². The van der Waals surface area contributed by atoms with Crippen molar-refractivity contribution in [1.29, 1.82) is 0 Å². The summed E-state index contributed by atoms with van der Waals surface area (Å²) in [4.78, 5) is 12.5. The zero-order valence-corrected chi connectivity index (χ0v) is 12.8. The summed E-state index contributed by atoms with van der Waals surface area (Å²) in [5.41, 5.74) is 5.17. The first-order valence-electron chi connectivity index (χ1n) is 7.28. The number of ketones is 1. The third-order valence-electron chi connectivity index (χ3n) is 3.93. The highest BCUT2D eigenvalue weighted by Crippen LogP contribution is 2.24. The summed E-state index contributed by atoms with van der Waals surface area (Å²) >= 11 is 6.21. The van der Waals surface area contributed by atoms with Gasteiger partial charge in [-0.3, -0.25) is 4.79 Å². The molecular formula is C18H18ClNO. The Balaban J connectivity index is 1.82. The molecule has 0 spiro atoms. The number of hydrogen-bond donors (Lipinski definition) is 1. The number of rotatable bonds is 3. The van der Waals surface area contributed by atoms with Crippen LogP contribution >= 0.6 is 11.6 Å². The molecule has 0 fully saturated rings. The smallest absolute Gasteiger partial charge is 0.167 e. The fraction of sp³-hybridized carbons (Fsp3) is 0.278. The van der Waals surface area contributed by atoms with Crippen molar-refractivity contribution in [3.05, 3.63) is 63.7 Å². The van der Waals surface area contributed by atoms with Gasteiger partial charge in [0.2, 0.25) is 0 Å². The van der Waals surface area contributed by atoms with E-state index >= 15 is 0 Å². The highest BCUT2D eigenvalue weighted by atomic mass is 35.5. The summed E-state index contributed by atoms with van der Waals surface area (Å²) in [5.74, 6) is 0.120. The molecule has 0 amide bonds. The Kier molecular flexibility index (Phi) is 3.98. The van der Waals surface area contributed by atoms with Crippen LogP contribution < -0.4 is 5.32 Å². The number of carbonyl (C=O) groups is 1. The van der Waals surface area contributed by atoms with Crippen molar-refractivity contribution in [2.24, 2.45) is 0 Å². The molecule has 0 saturated carbocycles. The highest BCUT2D eigenvalue weighted by Gasteiger charge is 2.14. The van der Waals surface area contributed by atoms with Gasteiger partial charge in [0.25, 0.3) is 0 Å². The minimum absolute atomic E-state index is 0.120. The Morgan fingerprint density at radius 1 is 1.24 bits per heavy atom. The summed E-state index contributed by atoms with van der Waals surface area (Å²) in [5, 5.41) is 4.03. The Labute approximate surface area is 130 Å². The third-order valence-corrected chi connectivity index (χ3v) is 4.28. The number of carbonyl (C=O) groups excluding carboxylic acids is 1. The molecule has 2 aromatic rings. The van der Waals surface area contributed by atoms with E-state index in [1.165, 1.54) is 5.56 Å². The van der Waals surface area contributed by atoms with E-state index in [0.717, 1.165) is 41.8 Å². The summed E-state index contributed by atoms with van der Waals surface area (Å²) in [7, 11) is 0. The number of benzene rings is 2. The lowest BCUT2D eigenvalue weighted by Crippen LogP contribution is -2.13. The maximum absolute atomic E-state index is 12.5. The molecule has 3 heteroatoms. The number of fused-ring (bicyclic) bond motifs is 1. The first-order chi connectivity index (χ1) is 10.1. The fourth-order valence-corrected chi connectivity index (χ4v) is 3.02. The van der Waals surface area contributed by atoms with Crippen molar-refractivity contribution < 1.29 is 4.79 Å². The molecule has 1 N–H and O–H groups in total. The monoisotopic (exact) mass is 299 g/mol. The molecule has 0 saturated heterocycles. The minimum atomic E-state index is 0.120. The second-order valence-corrected chi connectivity index (χ2v) is 6.00. The molecule has 2 nitrogen and oxygen atoms in total. The molecule has 0 radical (unpaired) electrons. The number of hydrogen-bond acceptors (Lipinski definition) is 2. The van der Waals surface area contributed by atoms with E-state index in [2.05, 4.69) is 5.32 Å². The molecule has 1 aliphatic heterocycles. The van der Waals surface area contributed by atoms with Gasteiger partial charge in [0.1, 0.15) is 0 Å². The molecule has 1 heterocycles. The summed E-state index contributed by atoms with van der Waals surface area (Å²) in [6, 6.07) is 11.8. The van der Waals surface area contributed by atoms with Crippen LogP contribution in [0.3, 0.4) is 0 Å². The summed E-state index contributed by atoms with van der Waals surface area (Å²) in [6.45, 7) is 3.01. The Morgan fingerprint density at radius 2 is 2.10 bits per heavy atom. The van der Waals surface area contributed by atoms with Crippen molar-refractivity contribution in [3.8, 4) is 0 Å².